The Morgan fingerprint density at radius 1 is 1.31 bits per heavy atom. The Balaban J connectivity index is 1.86. The number of rotatable bonds is 2. The Bertz CT molecular complexity index is 492. The summed E-state index contributed by atoms with van der Waals surface area (Å²) in [7, 11) is 0. The molecule has 1 aromatic heterocycles. The van der Waals surface area contributed by atoms with Gasteiger partial charge in [-0.3, -0.25) is 4.98 Å². The topological polar surface area (TPSA) is 31.4 Å². The van der Waals surface area contributed by atoms with Gasteiger partial charge in [-0.05, 0) is 12.1 Å². The number of benzene rings is 1. The highest BCUT2D eigenvalue weighted by Gasteiger charge is 2.17. The van der Waals surface area contributed by atoms with Gasteiger partial charge >= 0.3 is 0 Å². The van der Waals surface area contributed by atoms with Crippen molar-refractivity contribution in [3.05, 3.63) is 36.5 Å². The van der Waals surface area contributed by atoms with E-state index in [1.807, 2.05) is 30.3 Å². The Kier molecular flexibility index (Phi) is 2.46. The van der Waals surface area contributed by atoms with Crippen molar-refractivity contribution in [2.75, 3.05) is 13.2 Å². The predicted octanol–water partition coefficient (Wildman–Crippen LogP) is 2.40. The smallest absolute Gasteiger partial charge is 0.138 e. The lowest BCUT2D eigenvalue weighted by Crippen LogP contribution is -2.15. The molecule has 1 aliphatic rings. The van der Waals surface area contributed by atoms with E-state index in [4.69, 9.17) is 9.47 Å². The molecule has 1 unspecified atom stereocenters. The molecule has 1 atom stereocenters. The molecule has 1 fully saturated rings. The van der Waals surface area contributed by atoms with E-state index in [0.717, 1.165) is 29.7 Å². The highest BCUT2D eigenvalue weighted by Crippen LogP contribution is 2.20. The Morgan fingerprint density at radius 2 is 2.25 bits per heavy atom. The van der Waals surface area contributed by atoms with Gasteiger partial charge < -0.3 is 9.47 Å². The third kappa shape index (κ3) is 1.86. The molecule has 1 saturated heterocycles. The molecule has 0 saturated carbocycles. The molecule has 0 aliphatic carbocycles. The molecule has 1 aliphatic heterocycles. The molecule has 82 valence electrons. The average molecular weight is 215 g/mol. The summed E-state index contributed by atoms with van der Waals surface area (Å²) in [5.41, 5.74) is 0.998. The van der Waals surface area contributed by atoms with Crippen LogP contribution >= 0.6 is 0 Å². The summed E-state index contributed by atoms with van der Waals surface area (Å²) in [5, 5.41) is 1.11. The molecule has 3 heteroatoms. The summed E-state index contributed by atoms with van der Waals surface area (Å²) in [6.07, 6.45) is 2.93. The van der Waals surface area contributed by atoms with Crippen LogP contribution < -0.4 is 4.74 Å². The van der Waals surface area contributed by atoms with E-state index in [1.54, 1.807) is 6.20 Å². The molecule has 16 heavy (non-hydrogen) atoms. The van der Waals surface area contributed by atoms with Gasteiger partial charge in [0.05, 0.1) is 24.9 Å². The lowest BCUT2D eigenvalue weighted by Gasteiger charge is -2.11. The van der Waals surface area contributed by atoms with Crippen molar-refractivity contribution in [2.24, 2.45) is 0 Å². The molecular formula is C13H13NO2. The molecule has 0 spiro atoms. The summed E-state index contributed by atoms with van der Waals surface area (Å²) in [6, 6.07) is 10.1. The van der Waals surface area contributed by atoms with Crippen LogP contribution in [0.2, 0.25) is 0 Å². The quantitative estimate of drug-likeness (QED) is 0.770. The molecule has 0 N–H and O–H groups in total. The second kappa shape index (κ2) is 4.10. The number of pyridine rings is 1. The van der Waals surface area contributed by atoms with E-state index < -0.39 is 0 Å². The standard InChI is InChI=1S/C13H13NO2/c1-2-4-13-10(3-1)7-12(8-14-13)16-11-5-6-15-9-11/h1-4,7-8,11H,5-6,9H2. The summed E-state index contributed by atoms with van der Waals surface area (Å²) in [5.74, 6) is 0.828. The largest absolute Gasteiger partial charge is 0.486 e. The summed E-state index contributed by atoms with van der Waals surface area (Å²) in [6.45, 7) is 1.48. The van der Waals surface area contributed by atoms with Crippen LogP contribution in [0.3, 0.4) is 0 Å². The Morgan fingerprint density at radius 3 is 3.12 bits per heavy atom. The third-order valence-electron chi connectivity index (χ3n) is 2.76. The van der Waals surface area contributed by atoms with Crippen molar-refractivity contribution in [1.82, 2.24) is 4.98 Å². The van der Waals surface area contributed by atoms with E-state index in [1.165, 1.54) is 0 Å². The van der Waals surface area contributed by atoms with E-state index in [-0.39, 0.29) is 6.10 Å². The second-order valence-corrected chi connectivity index (χ2v) is 3.97. The van der Waals surface area contributed by atoms with Gasteiger partial charge in [0.1, 0.15) is 11.9 Å². The van der Waals surface area contributed by atoms with Crippen molar-refractivity contribution in [1.29, 1.82) is 0 Å². The summed E-state index contributed by atoms with van der Waals surface area (Å²) >= 11 is 0. The third-order valence-corrected chi connectivity index (χ3v) is 2.76. The zero-order valence-corrected chi connectivity index (χ0v) is 8.93. The van der Waals surface area contributed by atoms with E-state index in [9.17, 15) is 0 Å². The van der Waals surface area contributed by atoms with Gasteiger partial charge in [-0.1, -0.05) is 18.2 Å². The maximum absolute atomic E-state index is 5.80. The van der Waals surface area contributed by atoms with Gasteiger partial charge in [-0.15, -0.1) is 0 Å². The molecule has 3 rings (SSSR count). The normalized spacial score (nSPS) is 20.1. The van der Waals surface area contributed by atoms with Crippen LogP contribution in [0.5, 0.6) is 5.75 Å². The number of hydrogen-bond acceptors (Lipinski definition) is 3. The predicted molar refractivity (Wildman–Crippen MR) is 61.6 cm³/mol. The molecule has 3 nitrogen and oxygen atoms in total. The van der Waals surface area contributed by atoms with Gasteiger partial charge in [0.2, 0.25) is 0 Å². The zero-order valence-electron chi connectivity index (χ0n) is 8.93. The van der Waals surface area contributed by atoms with E-state index in [0.29, 0.717) is 6.61 Å². The number of nitrogens with zero attached hydrogens (tertiary/aromatic N) is 1. The molecular weight excluding hydrogens is 202 g/mol. The number of para-hydroxylation sites is 1. The fraction of sp³-hybridized carbons (Fsp3) is 0.308. The first-order valence-electron chi connectivity index (χ1n) is 5.51. The maximum Gasteiger partial charge on any atom is 0.138 e. The van der Waals surface area contributed by atoms with Gasteiger partial charge in [0.15, 0.2) is 0 Å². The molecule has 0 radical (unpaired) electrons. The molecule has 1 aromatic carbocycles. The fourth-order valence-electron chi connectivity index (χ4n) is 1.91. The van der Waals surface area contributed by atoms with Crippen LogP contribution in [0.25, 0.3) is 10.9 Å². The maximum atomic E-state index is 5.80. The minimum atomic E-state index is 0.183. The fourth-order valence-corrected chi connectivity index (χ4v) is 1.91. The minimum absolute atomic E-state index is 0.183. The van der Waals surface area contributed by atoms with Gasteiger partial charge in [0, 0.05) is 11.8 Å². The summed E-state index contributed by atoms with van der Waals surface area (Å²) < 4.78 is 11.1. The first-order valence-corrected chi connectivity index (χ1v) is 5.51. The Labute approximate surface area is 94.0 Å². The van der Waals surface area contributed by atoms with Crippen molar-refractivity contribution >= 4 is 10.9 Å². The Hall–Kier alpha value is -1.61. The van der Waals surface area contributed by atoms with Crippen LogP contribution in [0, 0.1) is 0 Å². The van der Waals surface area contributed by atoms with Crippen molar-refractivity contribution in [3.8, 4) is 5.75 Å². The van der Waals surface area contributed by atoms with E-state index >= 15 is 0 Å². The number of hydrogen-bond donors (Lipinski definition) is 0. The first kappa shape index (κ1) is 9.60. The number of ether oxygens (including phenoxy) is 2. The number of fused-ring (bicyclic) bond motifs is 1. The molecule has 2 heterocycles. The highest BCUT2D eigenvalue weighted by molar-refractivity contribution is 5.79. The monoisotopic (exact) mass is 215 g/mol. The van der Waals surface area contributed by atoms with Gasteiger partial charge in [-0.25, -0.2) is 0 Å². The van der Waals surface area contributed by atoms with Crippen LogP contribution in [-0.2, 0) is 4.74 Å². The lowest BCUT2D eigenvalue weighted by molar-refractivity contribution is 0.141. The van der Waals surface area contributed by atoms with Gasteiger partial charge in [-0.2, -0.15) is 0 Å². The van der Waals surface area contributed by atoms with Crippen LogP contribution in [-0.4, -0.2) is 24.3 Å². The average Bonchev–Trinajstić information content (AvgIpc) is 2.82. The van der Waals surface area contributed by atoms with Crippen molar-refractivity contribution in [3.63, 3.8) is 0 Å². The van der Waals surface area contributed by atoms with Crippen LogP contribution in [0.1, 0.15) is 6.42 Å². The second-order valence-electron chi connectivity index (χ2n) is 3.97. The molecule has 0 amide bonds. The lowest BCUT2D eigenvalue weighted by atomic mass is 10.2. The molecule has 2 aromatic rings. The summed E-state index contributed by atoms with van der Waals surface area (Å²) in [4.78, 5) is 4.36. The van der Waals surface area contributed by atoms with Crippen molar-refractivity contribution in [2.45, 2.75) is 12.5 Å². The zero-order chi connectivity index (χ0) is 10.8. The highest BCUT2D eigenvalue weighted by atomic mass is 16.5. The van der Waals surface area contributed by atoms with Crippen LogP contribution in [0.15, 0.2) is 36.5 Å². The number of aromatic nitrogens is 1. The van der Waals surface area contributed by atoms with E-state index in [2.05, 4.69) is 4.98 Å². The van der Waals surface area contributed by atoms with Crippen LogP contribution in [0.4, 0.5) is 0 Å². The van der Waals surface area contributed by atoms with Crippen molar-refractivity contribution < 1.29 is 9.47 Å². The first-order chi connectivity index (χ1) is 7.92. The SMILES string of the molecule is c1ccc2ncc(OC3CCOC3)cc2c1. The van der Waals surface area contributed by atoms with Gasteiger partial charge in [0.25, 0.3) is 0 Å². The minimum Gasteiger partial charge on any atom is -0.486 e. The molecule has 0 bridgehead atoms.